The first-order valence-electron chi connectivity index (χ1n) is 12.7. The number of hydrogen-bond donors (Lipinski definition) is 2. The zero-order valence-electron chi connectivity index (χ0n) is 22.9. The van der Waals surface area contributed by atoms with E-state index in [-0.39, 0.29) is 18.8 Å². The van der Waals surface area contributed by atoms with Crippen LogP contribution in [-0.2, 0) is 41.5 Å². The first-order chi connectivity index (χ1) is 18.4. The summed E-state index contributed by atoms with van der Waals surface area (Å²) in [6.45, 7) is 5.18. The molecular weight excluding hydrogens is 614 g/mol. The Morgan fingerprint density at radius 2 is 1.56 bits per heavy atom. The monoisotopic (exact) mass is 650 g/mol. The van der Waals surface area contributed by atoms with Crippen LogP contribution < -0.4 is 5.32 Å². The Kier molecular flexibility index (Phi) is 12.6. The smallest absolute Gasteiger partial charge is 0.404 e. The van der Waals surface area contributed by atoms with E-state index in [0.29, 0.717) is 6.42 Å². The summed E-state index contributed by atoms with van der Waals surface area (Å²) in [7, 11) is 1.14. The fourth-order valence-electron chi connectivity index (χ4n) is 4.11. The number of hydrogen-bond acceptors (Lipinski definition) is 8. The Hall–Kier alpha value is -2.77. The molecule has 2 aromatic carbocycles. The molecule has 11 heteroatoms. The van der Waals surface area contributed by atoms with E-state index in [0.717, 1.165) is 18.2 Å². The minimum Gasteiger partial charge on any atom is -0.467 e. The highest BCUT2D eigenvalue weighted by molar-refractivity contribution is 14.1. The number of ether oxygens (including phenoxy) is 2. The first-order valence-corrected chi connectivity index (χ1v) is 13.7. The zero-order chi connectivity index (χ0) is 29.2. The quantitative estimate of drug-likeness (QED) is 0.105. The molecule has 2 aromatic rings. The number of amides is 1. The molecule has 2 N–H and O–H groups in total. The molecule has 0 aliphatic heterocycles. The van der Waals surface area contributed by atoms with Crippen LogP contribution in [-0.4, -0.2) is 70.3 Å². The number of halogens is 1. The highest BCUT2D eigenvalue weighted by atomic mass is 127. The summed E-state index contributed by atoms with van der Waals surface area (Å²) in [5, 5.41) is 14.1. The number of rotatable bonds is 14. The molecule has 0 fully saturated rings. The average Bonchev–Trinajstić information content (AvgIpc) is 2.91. The highest BCUT2D eigenvalue weighted by Crippen LogP contribution is 2.23. The van der Waals surface area contributed by atoms with Crippen LogP contribution in [0.3, 0.4) is 0 Å². The summed E-state index contributed by atoms with van der Waals surface area (Å²) in [5.74, 6) is -2.86. The molecule has 0 aliphatic rings. The van der Waals surface area contributed by atoms with Gasteiger partial charge in [-0.05, 0) is 37.4 Å². The maximum Gasteiger partial charge on any atom is 0.404 e. The lowest BCUT2D eigenvalue weighted by molar-refractivity contribution is -0.155. The normalized spacial score (nSPS) is 14.2. The largest absolute Gasteiger partial charge is 0.467 e. The second-order valence-electron chi connectivity index (χ2n) is 9.94. The van der Waals surface area contributed by atoms with E-state index >= 15 is 0 Å². The zero-order valence-corrected chi connectivity index (χ0v) is 25.1. The van der Waals surface area contributed by atoms with Crippen molar-refractivity contribution in [3.05, 3.63) is 71.8 Å². The van der Waals surface area contributed by atoms with Gasteiger partial charge < -0.3 is 19.8 Å². The molecule has 9 nitrogen and oxygen atoms in total. The maximum absolute atomic E-state index is 13.6. The van der Waals surface area contributed by atoms with E-state index in [1.54, 1.807) is 12.1 Å². The summed E-state index contributed by atoms with van der Waals surface area (Å²) < 4.78 is 9.92. The second kappa shape index (κ2) is 15.1. The molecule has 39 heavy (non-hydrogen) atoms. The van der Waals surface area contributed by atoms with Gasteiger partial charge in [0, 0.05) is 29.0 Å². The number of nitrogens with zero attached hydrogens (tertiary/aromatic N) is 1. The maximum atomic E-state index is 13.6. The van der Waals surface area contributed by atoms with Crippen molar-refractivity contribution in [3.63, 3.8) is 0 Å². The minimum atomic E-state index is -1.79. The van der Waals surface area contributed by atoms with Crippen LogP contribution in [0.5, 0.6) is 0 Å². The lowest BCUT2D eigenvalue weighted by Gasteiger charge is -2.38. The topological polar surface area (TPSA) is 122 Å². The second-order valence-corrected chi connectivity index (χ2v) is 10.9. The predicted molar refractivity (Wildman–Crippen MR) is 157 cm³/mol. The van der Waals surface area contributed by atoms with Gasteiger partial charge in [0.05, 0.1) is 19.5 Å². The Morgan fingerprint density at radius 3 is 2.05 bits per heavy atom. The fourth-order valence-corrected chi connectivity index (χ4v) is 4.71. The summed E-state index contributed by atoms with van der Waals surface area (Å²) in [6, 6.07) is 18.2. The van der Waals surface area contributed by atoms with Crippen molar-refractivity contribution in [2.75, 3.05) is 14.2 Å². The number of likely N-dealkylation sites (N-methyl/N-ethyl adjacent to an activating group) is 1. The molecule has 2 rings (SSSR count). The van der Waals surface area contributed by atoms with Crippen molar-refractivity contribution >= 4 is 51.3 Å². The summed E-state index contributed by atoms with van der Waals surface area (Å²) in [5.41, 5.74) is -0.251. The molecule has 3 atom stereocenters. The fraction of sp³-hybridized carbons (Fsp3) is 0.429. The average molecular weight is 650 g/mol. The molecule has 0 bridgehead atoms. The van der Waals surface area contributed by atoms with E-state index in [1.165, 1.54) is 41.4 Å². The van der Waals surface area contributed by atoms with E-state index in [2.05, 4.69) is 5.32 Å². The molecule has 0 saturated carbocycles. The lowest BCUT2D eigenvalue weighted by Crippen LogP contribution is -2.66. The van der Waals surface area contributed by atoms with E-state index in [1.807, 2.05) is 62.4 Å². The van der Waals surface area contributed by atoms with Crippen LogP contribution in [0.2, 0.25) is 0 Å². The molecular formula is C28H36BIN2O7. The molecule has 0 radical (unpaired) electrons. The number of carbonyl (C=O) groups is 4. The minimum absolute atomic E-state index is 0.00451. The van der Waals surface area contributed by atoms with Crippen LogP contribution in [0.15, 0.2) is 60.7 Å². The molecule has 1 unspecified atom stereocenters. The van der Waals surface area contributed by atoms with Crippen molar-refractivity contribution in [2.45, 2.75) is 57.6 Å². The van der Waals surface area contributed by atoms with Gasteiger partial charge in [0.15, 0.2) is 11.6 Å². The highest BCUT2D eigenvalue weighted by Gasteiger charge is 2.50. The van der Waals surface area contributed by atoms with Crippen molar-refractivity contribution in [3.8, 4) is 0 Å². The van der Waals surface area contributed by atoms with Gasteiger partial charge in [0.1, 0.15) is 0 Å². The van der Waals surface area contributed by atoms with Crippen molar-refractivity contribution in [1.82, 2.24) is 10.1 Å². The summed E-state index contributed by atoms with van der Waals surface area (Å²) in [4.78, 5) is 52.5. The first kappa shape index (κ1) is 32.4. The van der Waals surface area contributed by atoms with Crippen LogP contribution in [0.1, 0.15) is 38.3 Å². The Balaban J connectivity index is 2.31. The molecule has 0 saturated heterocycles. The van der Waals surface area contributed by atoms with Gasteiger partial charge in [-0.1, -0.05) is 74.5 Å². The van der Waals surface area contributed by atoms with Crippen molar-refractivity contribution < 1.29 is 33.7 Å². The molecule has 210 valence electrons. The van der Waals surface area contributed by atoms with Gasteiger partial charge >= 0.3 is 19.0 Å². The number of carbonyl (C=O) groups excluding carboxylic acids is 4. The predicted octanol–water partition coefficient (Wildman–Crippen LogP) is 2.76. The molecule has 1 amide bonds. The van der Waals surface area contributed by atoms with E-state index < -0.39 is 46.3 Å². The third-order valence-electron chi connectivity index (χ3n) is 6.50. The summed E-state index contributed by atoms with van der Waals surface area (Å²) in [6.07, 6.45) is -0.733. The third-order valence-corrected chi connectivity index (χ3v) is 7.55. The van der Waals surface area contributed by atoms with E-state index in [4.69, 9.17) is 9.47 Å². The molecule has 0 heterocycles. The van der Waals surface area contributed by atoms with E-state index in [9.17, 15) is 24.2 Å². The Morgan fingerprint density at radius 1 is 1.03 bits per heavy atom. The number of benzene rings is 2. The molecule has 0 aromatic heterocycles. The van der Waals surface area contributed by atoms with Crippen LogP contribution in [0.4, 0.5) is 0 Å². The Labute approximate surface area is 243 Å². The van der Waals surface area contributed by atoms with Gasteiger partial charge in [-0.2, -0.15) is 0 Å². The standard InChI is InChI=1S/C28H36BIN2O7/c1-19(2)16-23(29(37)32(4)28(3,26(30)35)27(36)38-5)31-25(34)22(17-20-12-8-6-9-13-20)39-24(33)18-21-14-10-7-11-15-21/h6-15,19,22-23,37H,16-18H2,1-5H3,(H,31,34)/t22-,23+,28?/m1/s1. The van der Waals surface area contributed by atoms with Crippen LogP contribution in [0, 0.1) is 5.92 Å². The van der Waals surface area contributed by atoms with Gasteiger partial charge in [-0.15, -0.1) is 0 Å². The summed E-state index contributed by atoms with van der Waals surface area (Å²) >= 11 is 1.49. The SMILES string of the molecule is COC(=O)C(C)(C(=O)I)N(C)B(O)[C@H](CC(C)C)NC(=O)[C@@H](Cc1ccccc1)OC(=O)Cc1ccccc1. The van der Waals surface area contributed by atoms with Gasteiger partial charge in [-0.25, -0.2) is 4.79 Å². The van der Waals surface area contributed by atoms with Crippen LogP contribution >= 0.6 is 22.6 Å². The van der Waals surface area contributed by atoms with Crippen molar-refractivity contribution in [2.24, 2.45) is 5.92 Å². The lowest BCUT2D eigenvalue weighted by atomic mass is 9.65. The van der Waals surface area contributed by atoms with Crippen molar-refractivity contribution in [1.29, 1.82) is 0 Å². The molecule has 0 spiro atoms. The number of methoxy groups -OCH3 is 1. The van der Waals surface area contributed by atoms with Gasteiger partial charge in [-0.3, -0.25) is 19.2 Å². The van der Waals surface area contributed by atoms with Gasteiger partial charge in [0.2, 0.25) is 3.79 Å². The molecule has 0 aliphatic carbocycles. The number of nitrogens with one attached hydrogen (secondary N) is 1. The third kappa shape index (κ3) is 9.15. The number of esters is 2. The Bertz CT molecular complexity index is 1120. The van der Waals surface area contributed by atoms with Crippen LogP contribution in [0.25, 0.3) is 0 Å². The van der Waals surface area contributed by atoms with Gasteiger partial charge in [0.25, 0.3) is 5.91 Å².